The number of anilines is 2. The van der Waals surface area contributed by atoms with Gasteiger partial charge in [-0.05, 0) is 60.9 Å². The van der Waals surface area contributed by atoms with E-state index in [0.717, 1.165) is 16.7 Å². The van der Waals surface area contributed by atoms with E-state index >= 15 is 0 Å². The van der Waals surface area contributed by atoms with Crippen LogP contribution in [0.3, 0.4) is 0 Å². The fourth-order valence-electron chi connectivity index (χ4n) is 4.03. The van der Waals surface area contributed by atoms with E-state index in [0.29, 0.717) is 23.5 Å². The van der Waals surface area contributed by atoms with Crippen molar-refractivity contribution in [2.24, 2.45) is 0 Å². The van der Waals surface area contributed by atoms with Crippen LogP contribution >= 0.6 is 0 Å². The van der Waals surface area contributed by atoms with Crippen molar-refractivity contribution in [2.45, 2.75) is 32.5 Å². The lowest BCUT2D eigenvalue weighted by Gasteiger charge is -2.27. The number of carbonyl (C=O) groups is 3. The van der Waals surface area contributed by atoms with Gasteiger partial charge in [-0.1, -0.05) is 42.5 Å². The average Bonchev–Trinajstić information content (AvgIpc) is 3.12. The van der Waals surface area contributed by atoms with E-state index in [1.165, 1.54) is 11.8 Å². The lowest BCUT2D eigenvalue weighted by molar-refractivity contribution is -0.139. The van der Waals surface area contributed by atoms with Gasteiger partial charge in [-0.15, -0.1) is 0 Å². The summed E-state index contributed by atoms with van der Waals surface area (Å²) < 4.78 is 0. The quantitative estimate of drug-likeness (QED) is 0.421. The third-order valence-corrected chi connectivity index (χ3v) is 5.80. The highest BCUT2D eigenvalue weighted by Gasteiger charge is 2.37. The molecule has 0 aliphatic carbocycles. The summed E-state index contributed by atoms with van der Waals surface area (Å²) in [5.74, 6) is -0.784. The number of β-amino-alcohol motifs (C(OH)–C–C–N with tert-alkyl or cyclic N) is 1. The van der Waals surface area contributed by atoms with Crippen LogP contribution in [-0.4, -0.2) is 40.0 Å². The van der Waals surface area contributed by atoms with Crippen LogP contribution in [0.15, 0.2) is 72.8 Å². The Morgan fingerprint density at radius 2 is 1.66 bits per heavy atom. The molecule has 1 heterocycles. The van der Waals surface area contributed by atoms with E-state index in [1.54, 1.807) is 42.5 Å². The molecule has 35 heavy (non-hydrogen) atoms. The van der Waals surface area contributed by atoms with Crippen LogP contribution < -0.4 is 16.0 Å². The van der Waals surface area contributed by atoms with Gasteiger partial charge >= 0.3 is 6.03 Å². The zero-order valence-electron chi connectivity index (χ0n) is 19.7. The third kappa shape index (κ3) is 5.85. The van der Waals surface area contributed by atoms with E-state index in [2.05, 4.69) is 16.0 Å². The maximum absolute atomic E-state index is 12.7. The molecule has 0 radical (unpaired) electrons. The minimum Gasteiger partial charge on any atom is -0.378 e. The van der Waals surface area contributed by atoms with Crippen molar-refractivity contribution in [3.8, 4) is 0 Å². The minimum atomic E-state index is -1.76. The van der Waals surface area contributed by atoms with E-state index in [4.69, 9.17) is 0 Å². The Kier molecular flexibility index (Phi) is 6.84. The van der Waals surface area contributed by atoms with Gasteiger partial charge in [-0.3, -0.25) is 9.59 Å². The Bertz CT molecular complexity index is 1270. The second-order valence-corrected chi connectivity index (χ2v) is 8.92. The molecule has 3 aromatic rings. The normalized spacial score (nSPS) is 14.1. The van der Waals surface area contributed by atoms with Crippen molar-refractivity contribution in [3.63, 3.8) is 0 Å². The number of hydrogen-bond acceptors (Lipinski definition) is 4. The third-order valence-electron chi connectivity index (χ3n) is 5.80. The second kappa shape index (κ2) is 9.99. The van der Waals surface area contributed by atoms with Gasteiger partial charge in [0, 0.05) is 30.0 Å². The highest BCUT2D eigenvalue weighted by atomic mass is 16.3. The summed E-state index contributed by atoms with van der Waals surface area (Å²) in [7, 11) is 0. The van der Waals surface area contributed by atoms with Gasteiger partial charge in [0.15, 0.2) is 5.60 Å². The second-order valence-electron chi connectivity index (χ2n) is 8.92. The molecule has 1 aliphatic rings. The zero-order valence-corrected chi connectivity index (χ0v) is 19.7. The Balaban J connectivity index is 1.31. The van der Waals surface area contributed by atoms with Crippen molar-refractivity contribution in [1.29, 1.82) is 0 Å². The van der Waals surface area contributed by atoms with Crippen LogP contribution in [-0.2, 0) is 17.9 Å². The van der Waals surface area contributed by atoms with E-state index in [1.807, 2.05) is 37.3 Å². The summed E-state index contributed by atoms with van der Waals surface area (Å²) in [6.45, 7) is 3.73. The first-order valence-corrected chi connectivity index (χ1v) is 11.3. The fourth-order valence-corrected chi connectivity index (χ4v) is 4.03. The Labute approximate surface area is 204 Å². The summed E-state index contributed by atoms with van der Waals surface area (Å²) in [5, 5.41) is 19.1. The van der Waals surface area contributed by atoms with Gasteiger partial charge in [-0.25, -0.2) is 4.79 Å². The van der Waals surface area contributed by atoms with Gasteiger partial charge in [0.2, 0.25) is 0 Å². The van der Waals surface area contributed by atoms with Crippen molar-refractivity contribution in [1.82, 2.24) is 10.2 Å². The minimum absolute atomic E-state index is 0.118. The molecule has 1 unspecified atom stereocenters. The highest BCUT2D eigenvalue weighted by Crippen LogP contribution is 2.24. The van der Waals surface area contributed by atoms with Crippen molar-refractivity contribution < 1.29 is 19.5 Å². The van der Waals surface area contributed by atoms with E-state index in [9.17, 15) is 19.5 Å². The molecule has 0 spiro atoms. The number of carbonyl (C=O) groups excluding carboxylic acids is 3. The monoisotopic (exact) mass is 472 g/mol. The lowest BCUT2D eigenvalue weighted by Crippen LogP contribution is -2.51. The summed E-state index contributed by atoms with van der Waals surface area (Å²) >= 11 is 0. The number of urea groups is 1. The number of aryl methyl sites for hydroxylation is 1. The molecule has 4 N–H and O–H groups in total. The van der Waals surface area contributed by atoms with Gasteiger partial charge < -0.3 is 26.0 Å². The predicted octanol–water partition coefficient (Wildman–Crippen LogP) is 3.66. The lowest BCUT2D eigenvalue weighted by atomic mass is 10.1. The van der Waals surface area contributed by atoms with Crippen molar-refractivity contribution in [3.05, 3.63) is 95.1 Å². The van der Waals surface area contributed by atoms with E-state index in [-0.39, 0.29) is 25.0 Å². The molecule has 8 nitrogen and oxygen atoms in total. The Hall–Kier alpha value is -4.17. The molecular formula is C27H28N4O4. The number of benzene rings is 3. The molecule has 0 saturated heterocycles. The largest absolute Gasteiger partial charge is 0.378 e. The maximum atomic E-state index is 12.7. The topological polar surface area (TPSA) is 111 Å². The maximum Gasteiger partial charge on any atom is 0.323 e. The molecule has 0 aromatic heterocycles. The van der Waals surface area contributed by atoms with Crippen LogP contribution in [0.4, 0.5) is 16.2 Å². The van der Waals surface area contributed by atoms with Crippen LogP contribution in [0.2, 0.25) is 0 Å². The number of hydrogen-bond donors (Lipinski definition) is 4. The first-order valence-electron chi connectivity index (χ1n) is 11.3. The summed E-state index contributed by atoms with van der Waals surface area (Å²) in [4.78, 5) is 39.1. The number of fused-ring (bicyclic) bond motifs is 1. The molecular weight excluding hydrogens is 444 g/mol. The molecule has 1 aliphatic heterocycles. The first kappa shape index (κ1) is 24.0. The number of rotatable bonds is 7. The SMILES string of the molecule is Cc1cccc(NC(=O)Nc2cccc(CNC(=O)C(C)(O)CN3Cc4ccccc4C3=O)c2)c1. The van der Waals surface area contributed by atoms with Crippen LogP contribution in [0.25, 0.3) is 0 Å². The molecule has 8 heteroatoms. The number of aliphatic hydroxyl groups is 1. The van der Waals surface area contributed by atoms with Crippen LogP contribution in [0.5, 0.6) is 0 Å². The first-order chi connectivity index (χ1) is 16.7. The Morgan fingerprint density at radius 3 is 2.37 bits per heavy atom. The molecule has 0 bridgehead atoms. The Morgan fingerprint density at radius 1 is 0.971 bits per heavy atom. The smallest absolute Gasteiger partial charge is 0.323 e. The molecule has 4 amide bonds. The van der Waals surface area contributed by atoms with Gasteiger partial charge in [0.05, 0.1) is 6.54 Å². The molecule has 0 fully saturated rings. The van der Waals surface area contributed by atoms with Crippen molar-refractivity contribution >= 4 is 29.2 Å². The van der Waals surface area contributed by atoms with Crippen LogP contribution in [0.1, 0.15) is 34.0 Å². The van der Waals surface area contributed by atoms with Crippen LogP contribution in [0, 0.1) is 6.92 Å². The van der Waals surface area contributed by atoms with E-state index < -0.39 is 11.5 Å². The standard InChI is InChI=1S/C27H28N4O4/c1-18-7-5-10-21(13-18)29-26(34)30-22-11-6-8-19(14-22)15-28-25(33)27(2,35)17-31-16-20-9-3-4-12-23(20)24(31)32/h3-14,35H,15-17H2,1-2H3,(H,28,33)(H2,29,30,34). The zero-order chi connectivity index (χ0) is 25.0. The summed E-state index contributed by atoms with van der Waals surface area (Å²) in [6, 6.07) is 21.4. The molecule has 180 valence electrons. The highest BCUT2D eigenvalue weighted by molar-refractivity contribution is 6.00. The average molecular weight is 473 g/mol. The molecule has 4 rings (SSSR count). The predicted molar refractivity (Wildman–Crippen MR) is 134 cm³/mol. The van der Waals surface area contributed by atoms with Gasteiger partial charge in [-0.2, -0.15) is 0 Å². The molecule has 1 atom stereocenters. The number of nitrogens with one attached hydrogen (secondary N) is 3. The molecule has 0 saturated carbocycles. The van der Waals surface area contributed by atoms with Gasteiger partial charge in [0.25, 0.3) is 11.8 Å². The fraction of sp³-hybridized carbons (Fsp3) is 0.222. The number of nitrogens with zero attached hydrogens (tertiary/aromatic N) is 1. The number of amides is 4. The molecule has 3 aromatic carbocycles. The van der Waals surface area contributed by atoms with Gasteiger partial charge in [0.1, 0.15) is 0 Å². The summed E-state index contributed by atoms with van der Waals surface area (Å²) in [5.41, 5.74) is 2.74. The summed E-state index contributed by atoms with van der Waals surface area (Å²) in [6.07, 6.45) is 0. The van der Waals surface area contributed by atoms with Crippen molar-refractivity contribution in [2.75, 3.05) is 17.2 Å².